The van der Waals surface area contributed by atoms with Gasteiger partial charge in [0, 0.05) is 68.2 Å². The number of fused-ring (bicyclic) bond motifs is 1. The standard InChI is InChI=1S/C21H23N7OS/c1-14-24-16(13-30-14)12-27-7-9-28(10-8-27)20-17-4-6-23-21(29)18(17)25-19(26-20)15-3-2-5-22-11-15/h2-3,5,11,13H,4,6-10,12H2,1H3,(H,23,29). The monoisotopic (exact) mass is 421 g/mol. The smallest absolute Gasteiger partial charge is 0.270 e. The van der Waals surface area contributed by atoms with Crippen molar-refractivity contribution in [2.45, 2.75) is 19.9 Å². The maximum atomic E-state index is 12.5. The molecule has 0 atom stereocenters. The fraction of sp³-hybridized carbons (Fsp3) is 0.381. The van der Waals surface area contributed by atoms with Gasteiger partial charge in [0.2, 0.25) is 0 Å². The summed E-state index contributed by atoms with van der Waals surface area (Å²) in [5.74, 6) is 1.31. The van der Waals surface area contributed by atoms with Gasteiger partial charge in [-0.05, 0) is 25.5 Å². The fourth-order valence-corrected chi connectivity index (χ4v) is 4.59. The highest BCUT2D eigenvalue weighted by atomic mass is 32.1. The van der Waals surface area contributed by atoms with Crippen LogP contribution in [0.2, 0.25) is 0 Å². The number of thiazole rings is 1. The van der Waals surface area contributed by atoms with Gasteiger partial charge in [0.15, 0.2) is 5.82 Å². The average Bonchev–Trinajstić information content (AvgIpc) is 3.19. The number of hydrogen-bond acceptors (Lipinski definition) is 8. The van der Waals surface area contributed by atoms with E-state index >= 15 is 0 Å². The summed E-state index contributed by atoms with van der Waals surface area (Å²) in [5, 5.41) is 6.15. The van der Waals surface area contributed by atoms with Gasteiger partial charge >= 0.3 is 0 Å². The Kier molecular flexibility index (Phi) is 5.14. The third-order valence-electron chi connectivity index (χ3n) is 5.50. The number of aryl methyl sites for hydroxylation is 1. The number of pyridine rings is 1. The average molecular weight is 422 g/mol. The highest BCUT2D eigenvalue weighted by molar-refractivity contribution is 7.09. The zero-order chi connectivity index (χ0) is 20.5. The predicted molar refractivity (Wildman–Crippen MR) is 116 cm³/mol. The second-order valence-electron chi connectivity index (χ2n) is 7.57. The van der Waals surface area contributed by atoms with Crippen LogP contribution in [-0.2, 0) is 13.0 Å². The van der Waals surface area contributed by atoms with Gasteiger partial charge in [0.05, 0.1) is 10.7 Å². The van der Waals surface area contributed by atoms with E-state index in [1.807, 2.05) is 19.1 Å². The number of aromatic nitrogens is 4. The number of hydrogen-bond donors (Lipinski definition) is 1. The van der Waals surface area contributed by atoms with Crippen molar-refractivity contribution in [1.29, 1.82) is 0 Å². The van der Waals surface area contributed by atoms with Crippen molar-refractivity contribution in [1.82, 2.24) is 30.2 Å². The van der Waals surface area contributed by atoms with E-state index in [0.29, 0.717) is 18.1 Å². The molecule has 0 unspecified atom stereocenters. The van der Waals surface area contributed by atoms with Crippen LogP contribution >= 0.6 is 11.3 Å². The van der Waals surface area contributed by atoms with Gasteiger partial charge in [-0.2, -0.15) is 0 Å². The number of carbonyl (C=O) groups excluding carboxylic acids is 1. The van der Waals surface area contributed by atoms with Crippen LogP contribution in [0, 0.1) is 6.92 Å². The van der Waals surface area contributed by atoms with Crippen molar-refractivity contribution in [3.8, 4) is 11.4 Å². The molecule has 30 heavy (non-hydrogen) atoms. The minimum atomic E-state index is -0.123. The molecule has 0 spiro atoms. The quantitative estimate of drug-likeness (QED) is 0.689. The van der Waals surface area contributed by atoms with Gasteiger partial charge in [0.25, 0.3) is 5.91 Å². The minimum absolute atomic E-state index is 0.123. The lowest BCUT2D eigenvalue weighted by molar-refractivity contribution is 0.0940. The van der Waals surface area contributed by atoms with Gasteiger partial charge < -0.3 is 10.2 Å². The van der Waals surface area contributed by atoms with E-state index in [-0.39, 0.29) is 5.91 Å². The van der Waals surface area contributed by atoms with Crippen LogP contribution in [0.5, 0.6) is 0 Å². The first kappa shape index (κ1) is 19.1. The van der Waals surface area contributed by atoms with Crippen LogP contribution in [0.15, 0.2) is 29.9 Å². The summed E-state index contributed by atoms with van der Waals surface area (Å²) in [4.78, 5) is 35.5. The van der Waals surface area contributed by atoms with Crippen molar-refractivity contribution >= 4 is 23.1 Å². The molecule has 1 amide bonds. The van der Waals surface area contributed by atoms with Crippen LogP contribution in [0.3, 0.4) is 0 Å². The van der Waals surface area contributed by atoms with Gasteiger partial charge in [-0.15, -0.1) is 11.3 Å². The fourth-order valence-electron chi connectivity index (χ4n) is 3.99. The maximum absolute atomic E-state index is 12.5. The van der Waals surface area contributed by atoms with E-state index in [0.717, 1.165) is 66.8 Å². The van der Waals surface area contributed by atoms with E-state index in [9.17, 15) is 4.79 Å². The molecule has 1 saturated heterocycles. The molecule has 3 aromatic heterocycles. The highest BCUT2D eigenvalue weighted by Crippen LogP contribution is 2.28. The molecule has 2 aliphatic heterocycles. The van der Waals surface area contributed by atoms with Crippen molar-refractivity contribution in [3.63, 3.8) is 0 Å². The predicted octanol–water partition coefficient (Wildman–Crippen LogP) is 1.91. The Balaban J connectivity index is 1.41. The zero-order valence-electron chi connectivity index (χ0n) is 16.8. The van der Waals surface area contributed by atoms with Crippen molar-refractivity contribution < 1.29 is 4.79 Å². The van der Waals surface area contributed by atoms with E-state index in [2.05, 4.69) is 35.4 Å². The van der Waals surface area contributed by atoms with Crippen LogP contribution in [-0.4, -0.2) is 63.5 Å². The molecular weight excluding hydrogens is 398 g/mol. The molecule has 8 nitrogen and oxygen atoms in total. The first-order valence-electron chi connectivity index (χ1n) is 10.2. The summed E-state index contributed by atoms with van der Waals surface area (Å²) < 4.78 is 0. The number of carbonyl (C=O) groups is 1. The zero-order valence-corrected chi connectivity index (χ0v) is 17.7. The van der Waals surface area contributed by atoms with Crippen molar-refractivity contribution in [3.05, 3.63) is 51.9 Å². The maximum Gasteiger partial charge on any atom is 0.270 e. The van der Waals surface area contributed by atoms with E-state index in [1.54, 1.807) is 23.7 Å². The number of amides is 1. The Hall–Kier alpha value is -2.91. The van der Waals surface area contributed by atoms with Crippen LogP contribution in [0.25, 0.3) is 11.4 Å². The van der Waals surface area contributed by atoms with Gasteiger partial charge in [0.1, 0.15) is 11.5 Å². The van der Waals surface area contributed by atoms with Gasteiger partial charge in [-0.1, -0.05) is 0 Å². The third-order valence-corrected chi connectivity index (χ3v) is 6.33. The summed E-state index contributed by atoms with van der Waals surface area (Å²) in [5.41, 5.74) is 3.40. The lowest BCUT2D eigenvalue weighted by Crippen LogP contribution is -2.47. The lowest BCUT2D eigenvalue weighted by Gasteiger charge is -2.36. The second-order valence-corrected chi connectivity index (χ2v) is 8.63. The number of anilines is 1. The molecule has 5 heterocycles. The molecule has 1 fully saturated rings. The Bertz CT molecular complexity index is 1060. The van der Waals surface area contributed by atoms with Crippen LogP contribution < -0.4 is 10.2 Å². The van der Waals surface area contributed by atoms with E-state index < -0.39 is 0 Å². The van der Waals surface area contributed by atoms with Gasteiger partial charge in [-0.25, -0.2) is 15.0 Å². The number of nitrogens with zero attached hydrogens (tertiary/aromatic N) is 6. The molecule has 2 aliphatic rings. The van der Waals surface area contributed by atoms with Crippen molar-refractivity contribution in [2.75, 3.05) is 37.6 Å². The molecule has 9 heteroatoms. The third kappa shape index (κ3) is 3.78. The Morgan fingerprint density at radius 1 is 1.17 bits per heavy atom. The molecule has 0 bridgehead atoms. The topological polar surface area (TPSA) is 87.1 Å². The Labute approximate surface area is 179 Å². The largest absolute Gasteiger partial charge is 0.354 e. The van der Waals surface area contributed by atoms with E-state index in [4.69, 9.17) is 4.98 Å². The summed E-state index contributed by atoms with van der Waals surface area (Å²) >= 11 is 1.70. The Morgan fingerprint density at radius 3 is 2.77 bits per heavy atom. The normalized spacial score (nSPS) is 17.0. The lowest BCUT2D eigenvalue weighted by atomic mass is 10.0. The highest BCUT2D eigenvalue weighted by Gasteiger charge is 2.28. The van der Waals surface area contributed by atoms with Gasteiger partial charge in [-0.3, -0.25) is 14.7 Å². The van der Waals surface area contributed by atoms with Crippen LogP contribution in [0.4, 0.5) is 5.82 Å². The first-order chi connectivity index (χ1) is 14.7. The number of rotatable bonds is 4. The molecule has 3 aromatic rings. The second kappa shape index (κ2) is 8.08. The summed E-state index contributed by atoms with van der Waals surface area (Å²) in [6, 6.07) is 3.78. The number of piperazine rings is 1. The molecule has 0 radical (unpaired) electrons. The number of nitrogens with one attached hydrogen (secondary N) is 1. The van der Waals surface area contributed by atoms with Crippen LogP contribution in [0.1, 0.15) is 26.8 Å². The summed E-state index contributed by atoms with van der Waals surface area (Å²) in [6.07, 6.45) is 4.21. The minimum Gasteiger partial charge on any atom is -0.354 e. The molecule has 0 aromatic carbocycles. The molecule has 5 rings (SSSR count). The molecule has 0 aliphatic carbocycles. The Morgan fingerprint density at radius 2 is 2.03 bits per heavy atom. The molecular formula is C21H23N7OS. The first-order valence-corrected chi connectivity index (χ1v) is 11.0. The summed E-state index contributed by atoms with van der Waals surface area (Å²) in [6.45, 7) is 7.14. The molecule has 1 N–H and O–H groups in total. The van der Waals surface area contributed by atoms with Crippen molar-refractivity contribution in [2.24, 2.45) is 0 Å². The SMILES string of the molecule is Cc1nc(CN2CCN(c3nc(-c4cccnc4)nc4c3CCNC4=O)CC2)cs1. The molecule has 0 saturated carbocycles. The molecule has 154 valence electrons. The van der Waals surface area contributed by atoms with E-state index in [1.165, 1.54) is 0 Å². The summed E-state index contributed by atoms with van der Waals surface area (Å²) in [7, 11) is 0.